The minimum atomic E-state index is -3.41. The van der Waals surface area contributed by atoms with E-state index in [1.807, 2.05) is 4.90 Å². The lowest BCUT2D eigenvalue weighted by molar-refractivity contribution is -0.137. The number of amides is 1. The number of nitrogens with one attached hydrogen (secondary N) is 1. The molecule has 0 spiro atoms. The van der Waals surface area contributed by atoms with Crippen molar-refractivity contribution in [3.63, 3.8) is 0 Å². The molecule has 0 aromatic rings. The lowest BCUT2D eigenvalue weighted by Gasteiger charge is -2.42. The van der Waals surface area contributed by atoms with Crippen LogP contribution < -0.4 is 5.32 Å². The second kappa shape index (κ2) is 6.44. The molecule has 0 aromatic carbocycles. The average Bonchev–Trinajstić information content (AvgIpc) is 2.70. The fraction of sp³-hybridized carbons (Fsp3) is 0.941. The molecule has 2 unspecified atom stereocenters. The van der Waals surface area contributed by atoms with Crippen molar-refractivity contribution in [2.75, 3.05) is 25.9 Å². The van der Waals surface area contributed by atoms with Crippen LogP contribution in [0.2, 0.25) is 0 Å². The molecule has 24 heavy (non-hydrogen) atoms. The van der Waals surface area contributed by atoms with Crippen LogP contribution in [-0.2, 0) is 14.6 Å². The van der Waals surface area contributed by atoms with Gasteiger partial charge in [-0.15, -0.1) is 12.4 Å². The van der Waals surface area contributed by atoms with Crippen LogP contribution in [0.15, 0.2) is 0 Å². The van der Waals surface area contributed by atoms with E-state index in [1.165, 1.54) is 25.5 Å². The van der Waals surface area contributed by atoms with Gasteiger partial charge in [-0.1, -0.05) is 0 Å². The van der Waals surface area contributed by atoms with Gasteiger partial charge in [0, 0.05) is 18.8 Å². The van der Waals surface area contributed by atoms with Gasteiger partial charge in [0.1, 0.15) is 0 Å². The van der Waals surface area contributed by atoms with Gasteiger partial charge in [-0.3, -0.25) is 4.79 Å². The first kappa shape index (κ1) is 18.5. The molecule has 7 heteroatoms. The average molecular weight is 377 g/mol. The largest absolute Gasteiger partial charge is 0.338 e. The van der Waals surface area contributed by atoms with Crippen LogP contribution in [0.4, 0.5) is 0 Å². The summed E-state index contributed by atoms with van der Waals surface area (Å²) < 4.78 is 24.0. The summed E-state index contributed by atoms with van der Waals surface area (Å²) >= 11 is 0. The molecule has 1 N–H and O–H groups in total. The number of nitrogens with zero attached hydrogens (tertiary/aromatic N) is 1. The van der Waals surface area contributed by atoms with Crippen LogP contribution in [0, 0.1) is 17.8 Å². The standard InChI is InChI=1S/C17H28N2O3S.ClH/c1-23(21,22)17(2-4-18-5-3-17)16(20)19-11-14-7-12-6-13(8-14)10-15(19)9-12;/h12-15,18H,2-11H2,1H3;1H. The van der Waals surface area contributed by atoms with Crippen molar-refractivity contribution >= 4 is 28.2 Å². The quantitative estimate of drug-likeness (QED) is 0.795. The van der Waals surface area contributed by atoms with E-state index in [1.54, 1.807) is 0 Å². The molecule has 0 aromatic heterocycles. The van der Waals surface area contributed by atoms with Crippen LogP contribution in [-0.4, -0.2) is 55.9 Å². The van der Waals surface area contributed by atoms with E-state index in [-0.39, 0.29) is 24.4 Å². The Morgan fingerprint density at radius 3 is 2.08 bits per heavy atom. The Balaban J connectivity index is 0.00000169. The first-order chi connectivity index (χ1) is 10.9. The summed E-state index contributed by atoms with van der Waals surface area (Å²) in [6, 6.07) is 0.285. The molecule has 5 nitrogen and oxygen atoms in total. The van der Waals surface area contributed by atoms with Crippen LogP contribution in [0.25, 0.3) is 0 Å². The lowest BCUT2D eigenvalue weighted by atomic mass is 9.68. The van der Waals surface area contributed by atoms with Crippen molar-refractivity contribution in [3.8, 4) is 0 Å². The Bertz CT molecular complexity index is 589. The number of carbonyl (C=O) groups excluding carboxylic acids is 1. The molecular formula is C17H29ClN2O3S. The molecule has 4 bridgehead atoms. The van der Waals surface area contributed by atoms with Gasteiger partial charge in [0.2, 0.25) is 5.91 Å². The minimum Gasteiger partial charge on any atom is -0.338 e. The monoisotopic (exact) mass is 376 g/mol. The number of carbonyl (C=O) groups is 1. The van der Waals surface area contributed by atoms with Crippen molar-refractivity contribution < 1.29 is 13.2 Å². The van der Waals surface area contributed by atoms with Crippen molar-refractivity contribution in [2.45, 2.75) is 55.7 Å². The normalized spacial score (nSPS) is 37.6. The van der Waals surface area contributed by atoms with Crippen LogP contribution in [0.3, 0.4) is 0 Å². The Hall–Kier alpha value is -0.330. The van der Waals surface area contributed by atoms with Crippen molar-refractivity contribution in [3.05, 3.63) is 0 Å². The first-order valence-corrected chi connectivity index (χ1v) is 11.0. The zero-order valence-corrected chi connectivity index (χ0v) is 16.0. The number of sulfone groups is 1. The van der Waals surface area contributed by atoms with E-state index in [0.29, 0.717) is 31.8 Å². The van der Waals surface area contributed by atoms with Gasteiger partial charge in [-0.25, -0.2) is 8.42 Å². The SMILES string of the molecule is CS(=O)(=O)C1(C(=O)N2CC3CC4CC(C3)CC2C4)CCNCC1.Cl. The molecule has 3 heterocycles. The molecular weight excluding hydrogens is 348 g/mol. The van der Waals surface area contributed by atoms with E-state index >= 15 is 0 Å². The molecule has 2 aliphatic carbocycles. The molecule has 1 amide bonds. The maximum Gasteiger partial charge on any atom is 0.244 e. The van der Waals surface area contributed by atoms with Gasteiger partial charge in [0.25, 0.3) is 0 Å². The number of halogens is 1. The van der Waals surface area contributed by atoms with Gasteiger partial charge in [-0.05, 0) is 75.8 Å². The predicted octanol–water partition coefficient (Wildman–Crippen LogP) is 1.61. The summed E-state index contributed by atoms with van der Waals surface area (Å²) in [5, 5.41) is 3.21. The van der Waals surface area contributed by atoms with E-state index < -0.39 is 14.6 Å². The third-order valence-electron chi connectivity index (χ3n) is 6.88. The topological polar surface area (TPSA) is 66.5 Å². The zero-order chi connectivity index (χ0) is 16.2. The predicted molar refractivity (Wildman–Crippen MR) is 96.0 cm³/mol. The minimum absolute atomic E-state index is 0. The van der Waals surface area contributed by atoms with Gasteiger partial charge >= 0.3 is 0 Å². The highest BCUT2D eigenvalue weighted by Gasteiger charge is 2.54. The first-order valence-electron chi connectivity index (χ1n) is 9.10. The number of piperidine rings is 1. The van der Waals surface area contributed by atoms with Gasteiger partial charge in [0.15, 0.2) is 14.6 Å². The summed E-state index contributed by atoms with van der Waals surface area (Å²) in [6.45, 7) is 2.03. The maximum absolute atomic E-state index is 13.5. The smallest absolute Gasteiger partial charge is 0.244 e. The second-order valence-electron chi connectivity index (χ2n) is 8.40. The summed E-state index contributed by atoms with van der Waals surface area (Å²) in [5.41, 5.74) is 0. The number of fused-ring (bicyclic) bond motifs is 1. The molecule has 138 valence electrons. The van der Waals surface area contributed by atoms with Gasteiger partial charge < -0.3 is 10.2 Å². The molecule has 5 fully saturated rings. The molecule has 5 rings (SSSR count). The van der Waals surface area contributed by atoms with E-state index in [0.717, 1.165) is 31.2 Å². The third-order valence-corrected chi connectivity index (χ3v) is 8.88. The Labute approximate surface area is 151 Å². The second-order valence-corrected chi connectivity index (χ2v) is 10.7. The summed E-state index contributed by atoms with van der Waals surface area (Å²) in [7, 11) is -3.41. The van der Waals surface area contributed by atoms with Gasteiger partial charge in [-0.2, -0.15) is 0 Å². The van der Waals surface area contributed by atoms with Crippen LogP contribution in [0.1, 0.15) is 44.9 Å². The summed E-state index contributed by atoms with van der Waals surface area (Å²) in [4.78, 5) is 15.5. The Morgan fingerprint density at radius 2 is 1.54 bits per heavy atom. The highest BCUT2D eigenvalue weighted by atomic mass is 35.5. The molecule has 2 atom stereocenters. The lowest BCUT2D eigenvalue weighted by Crippen LogP contribution is -2.60. The Morgan fingerprint density at radius 1 is 1.00 bits per heavy atom. The summed E-state index contributed by atoms with van der Waals surface area (Å²) in [5.74, 6) is 2.03. The van der Waals surface area contributed by atoms with Crippen molar-refractivity contribution in [1.29, 1.82) is 0 Å². The Kier molecular flexibility index (Phi) is 4.95. The fourth-order valence-corrected chi connectivity index (χ4v) is 7.25. The number of rotatable bonds is 2. The maximum atomic E-state index is 13.5. The molecule has 2 saturated carbocycles. The zero-order valence-electron chi connectivity index (χ0n) is 14.4. The number of hydrogen-bond donors (Lipinski definition) is 1. The van der Waals surface area contributed by atoms with Gasteiger partial charge in [0.05, 0.1) is 0 Å². The van der Waals surface area contributed by atoms with E-state index in [4.69, 9.17) is 0 Å². The molecule has 0 radical (unpaired) electrons. The highest BCUT2D eigenvalue weighted by molar-refractivity contribution is 7.92. The molecule has 3 saturated heterocycles. The van der Waals surface area contributed by atoms with Crippen molar-refractivity contribution in [2.24, 2.45) is 17.8 Å². The van der Waals surface area contributed by atoms with E-state index in [9.17, 15) is 13.2 Å². The third kappa shape index (κ3) is 2.88. The fourth-order valence-electron chi connectivity index (χ4n) is 5.87. The van der Waals surface area contributed by atoms with E-state index in [2.05, 4.69) is 5.32 Å². The van der Waals surface area contributed by atoms with Crippen LogP contribution >= 0.6 is 12.4 Å². The van der Waals surface area contributed by atoms with Crippen molar-refractivity contribution in [1.82, 2.24) is 10.2 Å². The van der Waals surface area contributed by atoms with Crippen LogP contribution in [0.5, 0.6) is 0 Å². The highest BCUT2D eigenvalue weighted by Crippen LogP contribution is 2.48. The molecule has 5 aliphatic rings. The summed E-state index contributed by atoms with van der Waals surface area (Å²) in [6.07, 6.45) is 8.10. The number of hydrogen-bond acceptors (Lipinski definition) is 4. The molecule has 3 aliphatic heterocycles.